The lowest BCUT2D eigenvalue weighted by atomic mass is 10.1. The van der Waals surface area contributed by atoms with E-state index in [9.17, 15) is 9.18 Å². The van der Waals surface area contributed by atoms with Crippen LogP contribution in [-0.2, 0) is 6.54 Å². The smallest absolute Gasteiger partial charge is 0.317 e. The van der Waals surface area contributed by atoms with E-state index < -0.39 is 0 Å². The minimum absolute atomic E-state index is 0.256. The lowest BCUT2D eigenvalue weighted by Gasteiger charge is -2.26. The number of amides is 2. The van der Waals surface area contributed by atoms with Crippen molar-refractivity contribution in [3.8, 4) is 0 Å². The van der Waals surface area contributed by atoms with E-state index >= 15 is 0 Å². The van der Waals surface area contributed by atoms with Gasteiger partial charge in [0, 0.05) is 39.4 Å². The number of benzene rings is 1. The number of nitrogens with one attached hydrogen (secondary N) is 1. The summed E-state index contributed by atoms with van der Waals surface area (Å²) >= 11 is 0. The van der Waals surface area contributed by atoms with E-state index in [1.807, 2.05) is 31.1 Å². The molecule has 1 N–H and O–H groups in total. The van der Waals surface area contributed by atoms with Gasteiger partial charge in [0.2, 0.25) is 0 Å². The molecule has 24 heavy (non-hydrogen) atoms. The number of urea groups is 1. The average Bonchev–Trinajstić information content (AvgIpc) is 2.59. The molecule has 0 fully saturated rings. The van der Waals surface area contributed by atoms with Crippen LogP contribution in [0.25, 0.3) is 0 Å². The molecule has 0 spiro atoms. The maximum atomic E-state index is 13.9. The van der Waals surface area contributed by atoms with Gasteiger partial charge in [-0.25, -0.2) is 14.2 Å². The van der Waals surface area contributed by atoms with E-state index in [0.29, 0.717) is 12.1 Å². The largest absolute Gasteiger partial charge is 0.363 e. The molecular weight excluding hydrogens is 307 g/mol. The highest BCUT2D eigenvalue weighted by atomic mass is 19.1. The molecule has 1 heterocycles. The Balaban J connectivity index is 1.99. The van der Waals surface area contributed by atoms with Gasteiger partial charge in [-0.3, -0.25) is 0 Å². The Kier molecular flexibility index (Phi) is 5.73. The van der Waals surface area contributed by atoms with Crippen LogP contribution >= 0.6 is 0 Å². The van der Waals surface area contributed by atoms with Gasteiger partial charge in [0.1, 0.15) is 11.6 Å². The fourth-order valence-corrected chi connectivity index (χ4v) is 2.32. The Morgan fingerprint density at radius 3 is 2.62 bits per heavy atom. The van der Waals surface area contributed by atoms with E-state index in [-0.39, 0.29) is 17.9 Å². The zero-order valence-electron chi connectivity index (χ0n) is 14.5. The second-order valence-corrected chi connectivity index (χ2v) is 5.88. The number of carbonyl (C=O) groups excluding carboxylic acids is 1. The van der Waals surface area contributed by atoms with Crippen molar-refractivity contribution in [1.29, 1.82) is 0 Å². The molecule has 1 aromatic carbocycles. The van der Waals surface area contributed by atoms with Crippen LogP contribution in [0.2, 0.25) is 0 Å². The number of hydrogen-bond donors (Lipinski definition) is 1. The SMILES string of the molecule is CC(c1ccccc1F)N(C)C(=O)NCc1ccnc(N(C)C)c1. The van der Waals surface area contributed by atoms with Crippen molar-refractivity contribution in [2.24, 2.45) is 0 Å². The van der Waals surface area contributed by atoms with E-state index in [2.05, 4.69) is 10.3 Å². The number of hydrogen-bond acceptors (Lipinski definition) is 3. The van der Waals surface area contributed by atoms with Gasteiger partial charge in [0.25, 0.3) is 0 Å². The monoisotopic (exact) mass is 330 g/mol. The van der Waals surface area contributed by atoms with E-state index in [1.165, 1.54) is 11.0 Å². The zero-order valence-corrected chi connectivity index (χ0v) is 14.5. The molecule has 0 aliphatic heterocycles. The lowest BCUT2D eigenvalue weighted by Crippen LogP contribution is -2.38. The molecule has 0 bridgehead atoms. The van der Waals surface area contributed by atoms with Gasteiger partial charge in [-0.1, -0.05) is 18.2 Å². The average molecular weight is 330 g/mol. The van der Waals surface area contributed by atoms with Gasteiger partial charge in [-0.15, -0.1) is 0 Å². The summed E-state index contributed by atoms with van der Waals surface area (Å²) < 4.78 is 13.9. The molecular formula is C18H23FN4O. The molecule has 2 aromatic rings. The normalized spacial score (nSPS) is 11.7. The highest BCUT2D eigenvalue weighted by Gasteiger charge is 2.19. The van der Waals surface area contributed by atoms with Crippen LogP contribution in [0, 0.1) is 5.82 Å². The summed E-state index contributed by atoms with van der Waals surface area (Å²) in [6.45, 7) is 2.19. The van der Waals surface area contributed by atoms with Crippen LogP contribution in [0.1, 0.15) is 24.1 Å². The number of carbonyl (C=O) groups is 1. The standard InChI is InChI=1S/C18H23FN4O/c1-13(15-7-5-6-8-16(15)19)23(4)18(24)21-12-14-9-10-20-17(11-14)22(2)3/h5-11,13H,12H2,1-4H3,(H,21,24). The summed E-state index contributed by atoms with van der Waals surface area (Å²) in [5, 5.41) is 2.85. The summed E-state index contributed by atoms with van der Waals surface area (Å²) in [7, 11) is 5.48. The van der Waals surface area contributed by atoms with Crippen LogP contribution < -0.4 is 10.2 Å². The number of halogens is 1. The van der Waals surface area contributed by atoms with E-state index in [1.54, 1.807) is 38.4 Å². The highest BCUT2D eigenvalue weighted by molar-refractivity contribution is 5.74. The predicted octanol–water partition coefficient (Wildman–Crippen LogP) is 3.19. The molecule has 0 aliphatic rings. The minimum Gasteiger partial charge on any atom is -0.363 e. The molecule has 0 radical (unpaired) electrons. The molecule has 2 amide bonds. The van der Waals surface area contributed by atoms with Crippen LogP contribution in [0.4, 0.5) is 15.0 Å². The van der Waals surface area contributed by atoms with Gasteiger partial charge in [0.15, 0.2) is 0 Å². The van der Waals surface area contributed by atoms with Crippen molar-refractivity contribution in [2.75, 3.05) is 26.0 Å². The molecule has 5 nitrogen and oxygen atoms in total. The lowest BCUT2D eigenvalue weighted by molar-refractivity contribution is 0.193. The third-order valence-electron chi connectivity index (χ3n) is 3.97. The van der Waals surface area contributed by atoms with E-state index in [0.717, 1.165) is 11.4 Å². The molecule has 128 valence electrons. The minimum atomic E-state index is -0.360. The summed E-state index contributed by atoms with van der Waals surface area (Å²) in [5.41, 5.74) is 1.45. The highest BCUT2D eigenvalue weighted by Crippen LogP contribution is 2.21. The molecule has 1 aromatic heterocycles. The predicted molar refractivity (Wildman–Crippen MR) is 93.4 cm³/mol. The first-order valence-electron chi connectivity index (χ1n) is 7.77. The Hall–Kier alpha value is -2.63. The van der Waals surface area contributed by atoms with Crippen molar-refractivity contribution in [1.82, 2.24) is 15.2 Å². The molecule has 6 heteroatoms. The third-order valence-corrected chi connectivity index (χ3v) is 3.97. The van der Waals surface area contributed by atoms with Gasteiger partial charge < -0.3 is 15.1 Å². The first-order valence-corrected chi connectivity index (χ1v) is 7.77. The number of aromatic nitrogens is 1. The van der Waals surface area contributed by atoms with Crippen LogP contribution in [0.15, 0.2) is 42.6 Å². The zero-order chi connectivity index (χ0) is 17.7. The molecule has 1 unspecified atom stereocenters. The van der Waals surface area contributed by atoms with Crippen molar-refractivity contribution in [3.05, 3.63) is 59.5 Å². The quantitative estimate of drug-likeness (QED) is 0.916. The molecule has 0 saturated carbocycles. The van der Waals surface area contributed by atoms with Crippen LogP contribution in [-0.4, -0.2) is 37.1 Å². The fourth-order valence-electron chi connectivity index (χ4n) is 2.32. The molecule has 0 aliphatic carbocycles. The topological polar surface area (TPSA) is 48.5 Å². The molecule has 0 saturated heterocycles. The Morgan fingerprint density at radius 1 is 1.25 bits per heavy atom. The Labute approximate surface area is 142 Å². The van der Waals surface area contributed by atoms with Crippen LogP contribution in [0.3, 0.4) is 0 Å². The maximum Gasteiger partial charge on any atom is 0.317 e. The summed E-state index contributed by atoms with van der Waals surface area (Å²) in [4.78, 5) is 20.0. The fraction of sp³-hybridized carbons (Fsp3) is 0.333. The number of rotatable bonds is 5. The first kappa shape index (κ1) is 17.7. The third kappa shape index (κ3) is 4.22. The number of pyridine rings is 1. The Bertz CT molecular complexity index is 705. The number of nitrogens with zero attached hydrogens (tertiary/aromatic N) is 3. The molecule has 1 atom stereocenters. The second kappa shape index (κ2) is 7.77. The summed E-state index contributed by atoms with van der Waals surface area (Å²) in [6, 6.07) is 9.65. The second-order valence-electron chi connectivity index (χ2n) is 5.88. The van der Waals surface area contributed by atoms with Gasteiger partial charge in [0.05, 0.1) is 6.04 Å². The first-order chi connectivity index (χ1) is 11.4. The van der Waals surface area contributed by atoms with Gasteiger partial charge in [-0.2, -0.15) is 0 Å². The van der Waals surface area contributed by atoms with Crippen LogP contribution in [0.5, 0.6) is 0 Å². The summed E-state index contributed by atoms with van der Waals surface area (Å²) in [6.07, 6.45) is 1.71. The van der Waals surface area contributed by atoms with Crippen molar-refractivity contribution in [3.63, 3.8) is 0 Å². The van der Waals surface area contributed by atoms with Crippen molar-refractivity contribution >= 4 is 11.8 Å². The van der Waals surface area contributed by atoms with Gasteiger partial charge in [-0.05, 0) is 30.7 Å². The van der Waals surface area contributed by atoms with Gasteiger partial charge >= 0.3 is 6.03 Å². The Morgan fingerprint density at radius 2 is 1.96 bits per heavy atom. The summed E-state index contributed by atoms with van der Waals surface area (Å²) in [5.74, 6) is 0.518. The maximum absolute atomic E-state index is 13.9. The van der Waals surface area contributed by atoms with E-state index in [4.69, 9.17) is 0 Å². The van der Waals surface area contributed by atoms with Crippen molar-refractivity contribution < 1.29 is 9.18 Å². The molecule has 2 rings (SSSR count). The number of anilines is 1. The van der Waals surface area contributed by atoms with Crippen molar-refractivity contribution in [2.45, 2.75) is 19.5 Å².